The van der Waals surface area contributed by atoms with Gasteiger partial charge in [-0.1, -0.05) is 32.9 Å². The summed E-state index contributed by atoms with van der Waals surface area (Å²) in [5, 5.41) is 0. The molecule has 1 aromatic rings. The predicted molar refractivity (Wildman–Crippen MR) is 54.7 cm³/mol. The number of hydrogen-bond acceptors (Lipinski definition) is 1. The highest BCUT2D eigenvalue weighted by Gasteiger charge is 2.17. The lowest BCUT2D eigenvalue weighted by molar-refractivity contribution is -0.123. The van der Waals surface area contributed by atoms with Gasteiger partial charge in [0.25, 0.3) is 0 Å². The first-order chi connectivity index (χ1) is 6.52. The van der Waals surface area contributed by atoms with Crippen LogP contribution in [0.1, 0.15) is 32.3 Å². The molecule has 0 unspecified atom stereocenters. The van der Waals surface area contributed by atoms with Gasteiger partial charge in [0.05, 0.1) is 0 Å². The lowest BCUT2D eigenvalue weighted by atomic mass is 9.91. The van der Waals surface area contributed by atoms with E-state index in [0.29, 0.717) is 0 Å². The van der Waals surface area contributed by atoms with Crippen LogP contribution in [0.5, 0.6) is 0 Å². The number of Topliss-reactive ketones (excluding diaryl/α,β-unsaturated/α-hetero) is 1. The van der Waals surface area contributed by atoms with Crippen molar-refractivity contribution < 1.29 is 9.18 Å². The number of carbonyl (C=O) groups is 1. The van der Waals surface area contributed by atoms with Crippen LogP contribution in [0.25, 0.3) is 0 Å². The quantitative estimate of drug-likeness (QED) is 0.722. The van der Waals surface area contributed by atoms with Crippen molar-refractivity contribution in [2.75, 3.05) is 0 Å². The Morgan fingerprint density at radius 1 is 1.14 bits per heavy atom. The number of carbonyl (C=O) groups excluding carboxylic acids is 1. The molecule has 0 aliphatic rings. The fourth-order valence-electron chi connectivity index (χ4n) is 1.42. The van der Waals surface area contributed by atoms with Crippen molar-refractivity contribution in [1.82, 2.24) is 0 Å². The van der Waals surface area contributed by atoms with Crippen molar-refractivity contribution in [2.45, 2.75) is 26.7 Å². The zero-order chi connectivity index (χ0) is 10.7. The number of ketones is 1. The maximum Gasteiger partial charge on any atom is 0.142 e. The molecular weight excluding hydrogens is 179 g/mol. The van der Waals surface area contributed by atoms with Gasteiger partial charge in [0, 0.05) is 11.8 Å². The first kappa shape index (κ1) is 10.9. The van der Waals surface area contributed by atoms with Crippen molar-refractivity contribution in [3.8, 4) is 0 Å². The van der Waals surface area contributed by atoms with Gasteiger partial charge in [-0.3, -0.25) is 4.79 Å². The van der Waals surface area contributed by atoms with E-state index >= 15 is 0 Å². The molecule has 0 bridgehead atoms. The lowest BCUT2D eigenvalue weighted by Crippen LogP contribution is -2.15. The molecule has 0 heterocycles. The summed E-state index contributed by atoms with van der Waals surface area (Å²) in [5.74, 6) is -0.194. The normalized spacial score (nSPS) is 12.9. The number of benzene rings is 1. The van der Waals surface area contributed by atoms with Gasteiger partial charge in [0.2, 0.25) is 0 Å². The third-order valence-corrected chi connectivity index (χ3v) is 2.37. The van der Waals surface area contributed by atoms with E-state index < -0.39 is 0 Å². The van der Waals surface area contributed by atoms with Gasteiger partial charge < -0.3 is 0 Å². The Bertz CT molecular complexity index is 314. The molecule has 0 saturated carbocycles. The van der Waals surface area contributed by atoms with Crippen LogP contribution >= 0.6 is 0 Å². The molecular formula is C12H15FO. The van der Waals surface area contributed by atoms with Gasteiger partial charge in [0.15, 0.2) is 0 Å². The molecule has 0 amide bonds. The predicted octanol–water partition coefficient (Wildman–Crippen LogP) is 3.15. The van der Waals surface area contributed by atoms with Crippen molar-refractivity contribution >= 4 is 5.78 Å². The fourth-order valence-corrected chi connectivity index (χ4v) is 1.42. The van der Waals surface area contributed by atoms with Gasteiger partial charge >= 0.3 is 0 Å². The summed E-state index contributed by atoms with van der Waals surface area (Å²) in [4.78, 5) is 11.6. The highest BCUT2D eigenvalue weighted by Crippen LogP contribution is 2.19. The Hall–Kier alpha value is -1.18. The summed E-state index contributed by atoms with van der Waals surface area (Å²) in [6.45, 7) is 5.61. The van der Waals surface area contributed by atoms with Gasteiger partial charge in [-0.15, -0.1) is 0 Å². The van der Waals surface area contributed by atoms with E-state index in [2.05, 4.69) is 0 Å². The summed E-state index contributed by atoms with van der Waals surface area (Å²) in [6, 6.07) is 6.11. The smallest absolute Gasteiger partial charge is 0.142 e. The van der Waals surface area contributed by atoms with Crippen LogP contribution in [-0.2, 0) is 4.79 Å². The zero-order valence-corrected chi connectivity index (χ0v) is 8.75. The van der Waals surface area contributed by atoms with Gasteiger partial charge in [0.1, 0.15) is 11.6 Å². The van der Waals surface area contributed by atoms with E-state index in [1.807, 2.05) is 20.8 Å². The lowest BCUT2D eigenvalue weighted by Gasteiger charge is -2.12. The summed E-state index contributed by atoms with van der Waals surface area (Å²) >= 11 is 0. The Kier molecular flexibility index (Phi) is 3.39. The van der Waals surface area contributed by atoms with E-state index in [1.165, 1.54) is 12.1 Å². The van der Waals surface area contributed by atoms with Crippen LogP contribution < -0.4 is 0 Å². The Balaban J connectivity index is 2.84. The van der Waals surface area contributed by atoms with Crippen LogP contribution in [0.3, 0.4) is 0 Å². The van der Waals surface area contributed by atoms with Gasteiger partial charge in [-0.25, -0.2) is 4.39 Å². The molecule has 0 fully saturated rings. The molecule has 0 aliphatic carbocycles. The first-order valence-corrected chi connectivity index (χ1v) is 4.81. The molecule has 0 saturated heterocycles. The Morgan fingerprint density at radius 3 is 2.07 bits per heavy atom. The van der Waals surface area contributed by atoms with Crippen LogP contribution in [-0.4, -0.2) is 5.78 Å². The summed E-state index contributed by atoms with van der Waals surface area (Å²) in [5.41, 5.74) is 0.880. The molecule has 14 heavy (non-hydrogen) atoms. The van der Waals surface area contributed by atoms with Crippen LogP contribution in [0.2, 0.25) is 0 Å². The highest BCUT2D eigenvalue weighted by molar-refractivity contribution is 5.86. The summed E-state index contributed by atoms with van der Waals surface area (Å²) in [7, 11) is 0. The molecule has 2 heteroatoms. The Labute approximate surface area is 83.9 Å². The molecule has 0 spiro atoms. The summed E-state index contributed by atoms with van der Waals surface area (Å²) in [6.07, 6.45) is 0. The van der Waals surface area contributed by atoms with E-state index in [-0.39, 0.29) is 23.4 Å². The minimum absolute atomic E-state index is 0.0232. The van der Waals surface area contributed by atoms with Crippen LogP contribution in [0.4, 0.5) is 4.39 Å². The average Bonchev–Trinajstić information content (AvgIpc) is 2.16. The second kappa shape index (κ2) is 4.36. The van der Waals surface area contributed by atoms with Crippen LogP contribution in [0, 0.1) is 11.7 Å². The number of hydrogen-bond donors (Lipinski definition) is 0. The third-order valence-electron chi connectivity index (χ3n) is 2.37. The van der Waals surface area contributed by atoms with Crippen molar-refractivity contribution in [2.24, 2.45) is 5.92 Å². The molecule has 1 aromatic carbocycles. The molecule has 0 aliphatic heterocycles. The topological polar surface area (TPSA) is 17.1 Å². The van der Waals surface area contributed by atoms with Crippen molar-refractivity contribution in [3.05, 3.63) is 35.6 Å². The van der Waals surface area contributed by atoms with E-state index in [4.69, 9.17) is 0 Å². The minimum atomic E-state index is -0.266. The highest BCUT2D eigenvalue weighted by atomic mass is 19.1. The molecule has 0 aromatic heterocycles. The monoisotopic (exact) mass is 194 g/mol. The van der Waals surface area contributed by atoms with Gasteiger partial charge in [-0.2, -0.15) is 0 Å². The fraction of sp³-hybridized carbons (Fsp3) is 0.417. The molecule has 76 valence electrons. The van der Waals surface area contributed by atoms with Crippen LogP contribution in [0.15, 0.2) is 24.3 Å². The number of halogens is 1. The zero-order valence-electron chi connectivity index (χ0n) is 8.75. The van der Waals surface area contributed by atoms with Crippen molar-refractivity contribution in [3.63, 3.8) is 0 Å². The maximum absolute atomic E-state index is 12.6. The van der Waals surface area contributed by atoms with E-state index in [9.17, 15) is 9.18 Å². The minimum Gasteiger partial charge on any atom is -0.299 e. The second-order valence-corrected chi connectivity index (χ2v) is 3.83. The second-order valence-electron chi connectivity index (χ2n) is 3.83. The molecule has 1 nitrogen and oxygen atoms in total. The molecule has 1 atom stereocenters. The summed E-state index contributed by atoms with van der Waals surface area (Å²) < 4.78 is 12.6. The maximum atomic E-state index is 12.6. The van der Waals surface area contributed by atoms with E-state index in [0.717, 1.165) is 5.56 Å². The van der Waals surface area contributed by atoms with Gasteiger partial charge in [-0.05, 0) is 17.7 Å². The molecule has 0 N–H and O–H groups in total. The number of rotatable bonds is 3. The first-order valence-electron chi connectivity index (χ1n) is 4.81. The SMILES string of the molecule is CC(C)C(=O)[C@@H](C)c1ccc(F)cc1. The Morgan fingerprint density at radius 2 is 1.64 bits per heavy atom. The largest absolute Gasteiger partial charge is 0.299 e. The molecule has 0 radical (unpaired) electrons. The standard InChI is InChI=1S/C12H15FO/c1-8(2)12(14)9(3)10-4-6-11(13)7-5-10/h4-9H,1-3H3/t9-/m0/s1. The third kappa shape index (κ3) is 2.41. The average molecular weight is 194 g/mol. The van der Waals surface area contributed by atoms with Crippen molar-refractivity contribution in [1.29, 1.82) is 0 Å². The van der Waals surface area contributed by atoms with E-state index in [1.54, 1.807) is 12.1 Å². The molecule has 1 rings (SSSR count).